The van der Waals surface area contributed by atoms with Gasteiger partial charge in [0.2, 0.25) is 5.91 Å². The molecule has 1 aromatic carbocycles. The third-order valence-corrected chi connectivity index (χ3v) is 5.37. The predicted molar refractivity (Wildman–Crippen MR) is 113 cm³/mol. The van der Waals surface area contributed by atoms with Crippen LogP contribution in [0.5, 0.6) is 5.75 Å². The minimum Gasteiger partial charge on any atom is -0.497 e. The summed E-state index contributed by atoms with van der Waals surface area (Å²) in [7, 11) is 1.57. The third-order valence-electron chi connectivity index (χ3n) is 5.37. The van der Waals surface area contributed by atoms with Crippen LogP contribution in [0, 0.1) is 12.8 Å². The van der Waals surface area contributed by atoms with Crippen molar-refractivity contribution in [1.29, 1.82) is 0 Å². The molecule has 2 aromatic rings. The highest BCUT2D eigenvalue weighted by molar-refractivity contribution is 5.85. The van der Waals surface area contributed by atoms with Crippen LogP contribution in [0.3, 0.4) is 0 Å². The smallest absolute Gasteiger partial charge is 0.339 e. The van der Waals surface area contributed by atoms with E-state index in [1.807, 2.05) is 19.1 Å². The molecule has 6 nitrogen and oxygen atoms in total. The predicted octanol–water partition coefficient (Wildman–Crippen LogP) is 2.97. The second-order valence-corrected chi connectivity index (χ2v) is 7.21. The summed E-state index contributed by atoms with van der Waals surface area (Å²) < 4.78 is 10.6. The Morgan fingerprint density at radius 2 is 2.21 bits per heavy atom. The van der Waals surface area contributed by atoms with Gasteiger partial charge in [-0.05, 0) is 69.3 Å². The molecule has 0 bridgehead atoms. The molecule has 0 spiro atoms. The molecule has 154 valence electrons. The van der Waals surface area contributed by atoms with E-state index in [9.17, 15) is 9.59 Å². The van der Waals surface area contributed by atoms with Crippen LogP contribution in [0.2, 0.25) is 0 Å². The highest BCUT2D eigenvalue weighted by Crippen LogP contribution is 2.24. The van der Waals surface area contributed by atoms with Crippen LogP contribution in [0.15, 0.2) is 27.4 Å². The number of methoxy groups -OCH3 is 1. The molecule has 1 saturated heterocycles. The van der Waals surface area contributed by atoms with Crippen molar-refractivity contribution in [1.82, 2.24) is 10.6 Å². The summed E-state index contributed by atoms with van der Waals surface area (Å²) in [4.78, 5) is 24.5. The molecule has 1 aliphatic rings. The zero-order chi connectivity index (χ0) is 19.2. The Morgan fingerprint density at radius 3 is 2.93 bits per heavy atom. The molecule has 1 atom stereocenters. The zero-order valence-corrected chi connectivity index (χ0v) is 17.3. The molecule has 0 saturated carbocycles. The fourth-order valence-electron chi connectivity index (χ4n) is 3.70. The van der Waals surface area contributed by atoms with Crippen molar-refractivity contribution in [3.8, 4) is 5.75 Å². The third kappa shape index (κ3) is 5.49. The molecule has 0 aliphatic carbocycles. The van der Waals surface area contributed by atoms with Crippen LogP contribution in [-0.2, 0) is 11.2 Å². The number of nitrogens with one attached hydrogen (secondary N) is 2. The number of amides is 1. The molecular formula is C21H29ClN2O4. The summed E-state index contributed by atoms with van der Waals surface area (Å²) in [6.45, 7) is 4.73. The van der Waals surface area contributed by atoms with E-state index in [1.165, 1.54) is 12.8 Å². The van der Waals surface area contributed by atoms with Crippen molar-refractivity contribution in [2.24, 2.45) is 5.92 Å². The van der Waals surface area contributed by atoms with E-state index in [4.69, 9.17) is 9.15 Å². The molecule has 1 fully saturated rings. The number of rotatable bonds is 7. The fourth-order valence-corrected chi connectivity index (χ4v) is 3.70. The first-order chi connectivity index (χ1) is 13.1. The van der Waals surface area contributed by atoms with Crippen LogP contribution in [0.4, 0.5) is 0 Å². The number of benzene rings is 1. The van der Waals surface area contributed by atoms with Gasteiger partial charge in [0.25, 0.3) is 0 Å². The lowest BCUT2D eigenvalue weighted by Gasteiger charge is -2.22. The SMILES string of the molecule is COc1ccc2c(C)c(CCC(=O)NCCC3CCCNC3)c(=O)oc2c1.Cl. The maximum atomic E-state index is 12.3. The summed E-state index contributed by atoms with van der Waals surface area (Å²) >= 11 is 0. The molecule has 2 heterocycles. The van der Waals surface area contributed by atoms with Gasteiger partial charge in [-0.2, -0.15) is 0 Å². The van der Waals surface area contributed by atoms with Crippen molar-refractivity contribution >= 4 is 29.3 Å². The summed E-state index contributed by atoms with van der Waals surface area (Å²) in [6, 6.07) is 5.43. The minimum absolute atomic E-state index is 0. The Kier molecular flexibility index (Phi) is 8.33. The average molecular weight is 409 g/mol. The van der Waals surface area contributed by atoms with E-state index >= 15 is 0 Å². The van der Waals surface area contributed by atoms with Gasteiger partial charge in [0.15, 0.2) is 0 Å². The summed E-state index contributed by atoms with van der Waals surface area (Å²) in [5.41, 5.74) is 1.56. The van der Waals surface area contributed by atoms with Gasteiger partial charge < -0.3 is 19.8 Å². The lowest BCUT2D eigenvalue weighted by Crippen LogP contribution is -2.33. The minimum atomic E-state index is -0.380. The highest BCUT2D eigenvalue weighted by atomic mass is 35.5. The highest BCUT2D eigenvalue weighted by Gasteiger charge is 2.15. The number of carbonyl (C=O) groups excluding carboxylic acids is 1. The van der Waals surface area contributed by atoms with E-state index in [2.05, 4.69) is 10.6 Å². The molecule has 0 radical (unpaired) electrons. The zero-order valence-electron chi connectivity index (χ0n) is 16.5. The van der Waals surface area contributed by atoms with Gasteiger partial charge in [-0.1, -0.05) is 0 Å². The van der Waals surface area contributed by atoms with E-state index in [0.717, 1.165) is 30.5 Å². The first-order valence-corrected chi connectivity index (χ1v) is 9.66. The number of ether oxygens (including phenoxy) is 1. The number of fused-ring (bicyclic) bond motifs is 1. The molecule has 2 N–H and O–H groups in total. The van der Waals surface area contributed by atoms with Gasteiger partial charge in [0.1, 0.15) is 11.3 Å². The summed E-state index contributed by atoms with van der Waals surface area (Å²) in [5.74, 6) is 1.27. The molecule has 1 aliphatic heterocycles. The number of piperidine rings is 1. The first kappa shape index (κ1) is 22.2. The lowest BCUT2D eigenvalue weighted by atomic mass is 9.96. The number of carbonyl (C=O) groups is 1. The number of hydrogen-bond donors (Lipinski definition) is 2. The van der Waals surface area contributed by atoms with Crippen molar-refractivity contribution in [3.63, 3.8) is 0 Å². The number of hydrogen-bond acceptors (Lipinski definition) is 5. The maximum Gasteiger partial charge on any atom is 0.339 e. The molecule has 7 heteroatoms. The topological polar surface area (TPSA) is 80.6 Å². The van der Waals surface area contributed by atoms with Gasteiger partial charge in [-0.25, -0.2) is 4.79 Å². The van der Waals surface area contributed by atoms with E-state index < -0.39 is 0 Å². The van der Waals surface area contributed by atoms with Crippen molar-refractivity contribution in [3.05, 3.63) is 39.7 Å². The molecule has 1 aromatic heterocycles. The Balaban J connectivity index is 0.00000280. The van der Waals surface area contributed by atoms with Crippen molar-refractivity contribution < 1.29 is 13.9 Å². The quantitative estimate of drug-likeness (QED) is 0.688. The number of halogens is 1. The monoisotopic (exact) mass is 408 g/mol. The van der Waals surface area contributed by atoms with Gasteiger partial charge in [0.05, 0.1) is 7.11 Å². The Bertz CT molecular complexity index is 859. The van der Waals surface area contributed by atoms with Crippen LogP contribution in [0.25, 0.3) is 11.0 Å². The summed E-state index contributed by atoms with van der Waals surface area (Å²) in [6.07, 6.45) is 4.10. The Labute approximate surface area is 171 Å². The van der Waals surface area contributed by atoms with Crippen molar-refractivity contribution in [2.75, 3.05) is 26.7 Å². The van der Waals surface area contributed by atoms with Crippen molar-refractivity contribution in [2.45, 2.75) is 39.0 Å². The van der Waals surface area contributed by atoms with E-state index in [-0.39, 0.29) is 30.4 Å². The normalized spacial score (nSPS) is 16.4. The average Bonchev–Trinajstić information content (AvgIpc) is 2.68. The van der Waals surface area contributed by atoms with Gasteiger partial charge in [0, 0.05) is 30.0 Å². The van der Waals surface area contributed by atoms with Crippen LogP contribution in [-0.4, -0.2) is 32.7 Å². The molecule has 1 unspecified atom stereocenters. The van der Waals surface area contributed by atoms with E-state index in [1.54, 1.807) is 13.2 Å². The molecular weight excluding hydrogens is 380 g/mol. The second-order valence-electron chi connectivity index (χ2n) is 7.21. The standard InChI is InChI=1S/C21H28N2O4.ClH/c1-14-17-6-5-16(26-2)12-19(17)27-21(25)18(14)7-8-20(24)23-11-9-15-4-3-10-22-13-15;/h5-6,12,15,22H,3-4,7-11,13H2,1-2H3,(H,23,24);1H. The van der Waals surface area contributed by atoms with Gasteiger partial charge in [-0.15, -0.1) is 12.4 Å². The largest absolute Gasteiger partial charge is 0.497 e. The maximum absolute atomic E-state index is 12.3. The fraction of sp³-hybridized carbons (Fsp3) is 0.524. The number of aryl methyl sites for hydroxylation is 1. The van der Waals surface area contributed by atoms with Crippen LogP contribution in [0.1, 0.15) is 36.8 Å². The Hall–Kier alpha value is -2.05. The molecule has 1 amide bonds. The second kappa shape index (κ2) is 10.5. The van der Waals surface area contributed by atoms with E-state index in [0.29, 0.717) is 35.8 Å². The molecule has 3 rings (SSSR count). The van der Waals surface area contributed by atoms with Crippen LogP contribution < -0.4 is 21.0 Å². The molecule has 28 heavy (non-hydrogen) atoms. The van der Waals surface area contributed by atoms with Crippen LogP contribution >= 0.6 is 12.4 Å². The van der Waals surface area contributed by atoms with Gasteiger partial charge >= 0.3 is 5.63 Å². The Morgan fingerprint density at radius 1 is 1.39 bits per heavy atom. The first-order valence-electron chi connectivity index (χ1n) is 9.66. The lowest BCUT2D eigenvalue weighted by molar-refractivity contribution is -0.121. The summed E-state index contributed by atoms with van der Waals surface area (Å²) in [5, 5.41) is 7.23. The van der Waals surface area contributed by atoms with Gasteiger partial charge in [-0.3, -0.25) is 4.79 Å².